The highest BCUT2D eigenvalue weighted by Gasteiger charge is 2.26. The van der Waals surface area contributed by atoms with Crippen LogP contribution in [-0.2, 0) is 14.3 Å². The molecular weight excluding hydrogens is 288 g/mol. The fourth-order valence-electron chi connectivity index (χ4n) is 2.36. The van der Waals surface area contributed by atoms with Crippen LogP contribution < -0.4 is 14.8 Å². The molecule has 0 bridgehead atoms. The van der Waals surface area contributed by atoms with Gasteiger partial charge in [0.1, 0.15) is 12.7 Å². The number of nitrogens with one attached hydrogen (secondary N) is 1. The van der Waals surface area contributed by atoms with Crippen LogP contribution in [0, 0.1) is 0 Å². The van der Waals surface area contributed by atoms with Crippen molar-refractivity contribution >= 4 is 11.8 Å². The number of hydrogen-bond acceptors (Lipinski definition) is 5. The molecule has 0 saturated carbocycles. The molecule has 1 N–H and O–H groups in total. The summed E-state index contributed by atoms with van der Waals surface area (Å²) in [5.41, 5.74) is 0. The molecule has 0 spiro atoms. The Morgan fingerprint density at radius 2 is 1.91 bits per heavy atom. The Kier molecular flexibility index (Phi) is 4.43. The highest BCUT2D eigenvalue weighted by Crippen LogP contribution is 2.30. The Bertz CT molecular complexity index is 557. The summed E-state index contributed by atoms with van der Waals surface area (Å²) >= 11 is 0. The molecule has 22 heavy (non-hydrogen) atoms. The van der Waals surface area contributed by atoms with Gasteiger partial charge in [0, 0.05) is 13.1 Å². The van der Waals surface area contributed by atoms with E-state index in [1.807, 2.05) is 24.3 Å². The molecule has 1 aromatic rings. The number of carbonyl (C=O) groups is 2. The van der Waals surface area contributed by atoms with Crippen LogP contribution in [0.15, 0.2) is 24.3 Å². The molecule has 1 saturated heterocycles. The fourth-order valence-corrected chi connectivity index (χ4v) is 2.36. The third-order valence-corrected chi connectivity index (χ3v) is 3.55. The number of hydrogen-bond donors (Lipinski definition) is 1. The van der Waals surface area contributed by atoms with Crippen molar-refractivity contribution in [2.45, 2.75) is 6.10 Å². The zero-order valence-electron chi connectivity index (χ0n) is 12.1. The van der Waals surface area contributed by atoms with E-state index in [-0.39, 0.29) is 12.6 Å². The standard InChI is InChI=1S/C15H18N2O5/c18-14(15(19)17-5-7-20-8-6-17)16-9-11-10-21-12-3-1-2-4-13(12)22-11/h1-4,11H,5-10H2,(H,16,18). The van der Waals surface area contributed by atoms with E-state index in [2.05, 4.69) is 5.32 Å². The number of amides is 2. The minimum atomic E-state index is -0.621. The average molecular weight is 306 g/mol. The Morgan fingerprint density at radius 3 is 2.68 bits per heavy atom. The molecule has 0 radical (unpaired) electrons. The highest BCUT2D eigenvalue weighted by atomic mass is 16.6. The molecule has 7 nitrogen and oxygen atoms in total. The topological polar surface area (TPSA) is 77.1 Å². The summed E-state index contributed by atoms with van der Waals surface area (Å²) in [6.07, 6.45) is -0.309. The number of nitrogens with zero attached hydrogens (tertiary/aromatic N) is 1. The predicted molar refractivity (Wildman–Crippen MR) is 76.8 cm³/mol. The van der Waals surface area contributed by atoms with E-state index in [9.17, 15) is 9.59 Å². The molecule has 0 aromatic heterocycles. The first kappa shape index (κ1) is 14.6. The van der Waals surface area contributed by atoms with Gasteiger partial charge >= 0.3 is 11.8 Å². The van der Waals surface area contributed by atoms with Crippen molar-refractivity contribution in [1.29, 1.82) is 0 Å². The van der Waals surface area contributed by atoms with Gasteiger partial charge in [0.15, 0.2) is 11.5 Å². The first-order chi connectivity index (χ1) is 10.7. The Labute approximate surface area is 128 Å². The maximum atomic E-state index is 12.0. The van der Waals surface area contributed by atoms with Gasteiger partial charge in [-0.1, -0.05) is 12.1 Å². The lowest BCUT2D eigenvalue weighted by Gasteiger charge is -2.28. The summed E-state index contributed by atoms with van der Waals surface area (Å²) in [7, 11) is 0. The molecule has 1 aromatic carbocycles. The summed E-state index contributed by atoms with van der Waals surface area (Å²) in [4.78, 5) is 25.3. The highest BCUT2D eigenvalue weighted by molar-refractivity contribution is 6.35. The van der Waals surface area contributed by atoms with Crippen molar-refractivity contribution in [2.24, 2.45) is 0 Å². The molecule has 2 heterocycles. The Hall–Kier alpha value is -2.28. The van der Waals surface area contributed by atoms with Crippen LogP contribution in [0.1, 0.15) is 0 Å². The van der Waals surface area contributed by atoms with Gasteiger partial charge < -0.3 is 24.4 Å². The molecule has 1 fully saturated rings. The number of rotatable bonds is 2. The van der Waals surface area contributed by atoms with Gasteiger partial charge in [0.25, 0.3) is 0 Å². The maximum absolute atomic E-state index is 12.0. The molecule has 2 amide bonds. The summed E-state index contributed by atoms with van der Waals surface area (Å²) in [5, 5.41) is 2.60. The van der Waals surface area contributed by atoms with Crippen molar-refractivity contribution < 1.29 is 23.8 Å². The van der Waals surface area contributed by atoms with Crippen LogP contribution in [0.4, 0.5) is 0 Å². The predicted octanol–water partition coefficient (Wildman–Crippen LogP) is -0.199. The van der Waals surface area contributed by atoms with E-state index in [1.54, 1.807) is 0 Å². The van der Waals surface area contributed by atoms with Crippen LogP contribution in [0.5, 0.6) is 11.5 Å². The van der Waals surface area contributed by atoms with Gasteiger partial charge in [0.05, 0.1) is 19.8 Å². The van der Waals surface area contributed by atoms with Crippen molar-refractivity contribution in [3.63, 3.8) is 0 Å². The lowest BCUT2D eigenvalue weighted by Crippen LogP contribution is -2.50. The normalized spacial score (nSPS) is 20.4. The largest absolute Gasteiger partial charge is 0.486 e. The molecular formula is C15H18N2O5. The first-order valence-electron chi connectivity index (χ1n) is 7.27. The maximum Gasteiger partial charge on any atom is 0.312 e. The lowest BCUT2D eigenvalue weighted by molar-refractivity contribution is -0.148. The van der Waals surface area contributed by atoms with Crippen molar-refractivity contribution in [3.8, 4) is 11.5 Å². The summed E-state index contributed by atoms with van der Waals surface area (Å²) in [6, 6.07) is 7.35. The molecule has 0 aliphatic carbocycles. The van der Waals surface area contributed by atoms with Crippen LogP contribution in [-0.4, -0.2) is 62.3 Å². The summed E-state index contributed by atoms with van der Waals surface area (Å²) in [6.45, 7) is 2.39. The second kappa shape index (κ2) is 6.65. The van der Waals surface area contributed by atoms with Crippen molar-refractivity contribution in [1.82, 2.24) is 10.2 Å². The van der Waals surface area contributed by atoms with Gasteiger partial charge in [-0.3, -0.25) is 9.59 Å². The first-order valence-corrected chi connectivity index (χ1v) is 7.27. The van der Waals surface area contributed by atoms with Crippen LogP contribution in [0.3, 0.4) is 0 Å². The van der Waals surface area contributed by atoms with Crippen LogP contribution in [0.25, 0.3) is 0 Å². The number of morpholine rings is 1. The van der Waals surface area contributed by atoms with Gasteiger partial charge in [0.2, 0.25) is 0 Å². The van der Waals surface area contributed by atoms with Crippen molar-refractivity contribution in [2.75, 3.05) is 39.5 Å². The number of ether oxygens (including phenoxy) is 3. The van der Waals surface area contributed by atoms with Gasteiger partial charge in [-0.05, 0) is 12.1 Å². The van der Waals surface area contributed by atoms with Crippen LogP contribution >= 0.6 is 0 Å². The molecule has 2 aliphatic heterocycles. The minimum absolute atomic E-state index is 0.225. The molecule has 3 rings (SSSR count). The van der Waals surface area contributed by atoms with E-state index in [0.717, 1.165) is 0 Å². The molecule has 1 unspecified atom stereocenters. The molecule has 1 atom stereocenters. The monoisotopic (exact) mass is 306 g/mol. The average Bonchev–Trinajstić information content (AvgIpc) is 2.59. The number of para-hydroxylation sites is 2. The van der Waals surface area contributed by atoms with E-state index < -0.39 is 11.8 Å². The SMILES string of the molecule is O=C(NCC1COc2ccccc2O1)C(=O)N1CCOCC1. The Balaban J connectivity index is 1.48. The smallest absolute Gasteiger partial charge is 0.312 e. The van der Waals surface area contributed by atoms with Crippen molar-refractivity contribution in [3.05, 3.63) is 24.3 Å². The molecule has 2 aliphatic rings. The molecule has 118 valence electrons. The molecule has 7 heteroatoms. The minimum Gasteiger partial charge on any atom is -0.486 e. The van der Waals surface area contributed by atoms with Gasteiger partial charge in [-0.25, -0.2) is 0 Å². The zero-order valence-corrected chi connectivity index (χ0v) is 12.1. The second-order valence-corrected chi connectivity index (χ2v) is 5.11. The summed E-state index contributed by atoms with van der Waals surface area (Å²) < 4.78 is 16.4. The number of benzene rings is 1. The number of carbonyl (C=O) groups excluding carboxylic acids is 2. The third-order valence-electron chi connectivity index (χ3n) is 3.55. The third kappa shape index (κ3) is 3.30. The van der Waals surface area contributed by atoms with E-state index >= 15 is 0 Å². The number of fused-ring (bicyclic) bond motifs is 1. The van der Waals surface area contributed by atoms with E-state index in [1.165, 1.54) is 4.90 Å². The summed E-state index contributed by atoms with van der Waals surface area (Å²) in [5.74, 6) is 0.187. The van der Waals surface area contributed by atoms with Crippen LogP contribution in [0.2, 0.25) is 0 Å². The van der Waals surface area contributed by atoms with E-state index in [4.69, 9.17) is 14.2 Å². The second-order valence-electron chi connectivity index (χ2n) is 5.11. The van der Waals surface area contributed by atoms with Gasteiger partial charge in [-0.15, -0.1) is 0 Å². The Morgan fingerprint density at radius 1 is 1.18 bits per heavy atom. The zero-order chi connectivity index (χ0) is 15.4. The lowest BCUT2D eigenvalue weighted by atomic mass is 10.2. The quantitative estimate of drug-likeness (QED) is 0.766. The van der Waals surface area contributed by atoms with Gasteiger partial charge in [-0.2, -0.15) is 0 Å². The van der Waals surface area contributed by atoms with E-state index in [0.29, 0.717) is 44.4 Å². The fraction of sp³-hybridized carbons (Fsp3) is 0.467.